The van der Waals surface area contributed by atoms with Gasteiger partial charge in [-0.2, -0.15) is 5.10 Å². The Morgan fingerprint density at radius 3 is 3.05 bits per heavy atom. The third-order valence-electron chi connectivity index (χ3n) is 3.68. The van der Waals surface area contributed by atoms with Crippen LogP contribution >= 0.6 is 0 Å². The first kappa shape index (κ1) is 15.3. The molecule has 6 nitrogen and oxygen atoms in total. The normalized spacial score (nSPS) is 19.1. The van der Waals surface area contributed by atoms with Gasteiger partial charge in [0.25, 0.3) is 0 Å². The van der Waals surface area contributed by atoms with Crippen molar-refractivity contribution < 1.29 is 14.7 Å². The number of aromatic nitrogens is 2. The van der Waals surface area contributed by atoms with Crippen molar-refractivity contribution in [2.45, 2.75) is 38.6 Å². The second-order valence-corrected chi connectivity index (χ2v) is 5.28. The minimum Gasteiger partial charge on any atom is -0.480 e. The number of allylic oxidation sites excluding steroid dienone is 1. The summed E-state index contributed by atoms with van der Waals surface area (Å²) in [4.78, 5) is 24.6. The number of carboxylic acids is 1. The summed E-state index contributed by atoms with van der Waals surface area (Å²) in [6.07, 6.45) is 7.82. The van der Waals surface area contributed by atoms with E-state index >= 15 is 0 Å². The maximum absolute atomic E-state index is 12.1. The van der Waals surface area contributed by atoms with Gasteiger partial charge in [-0.15, -0.1) is 0 Å². The highest BCUT2D eigenvalue weighted by Gasteiger charge is 2.25. The monoisotopic (exact) mass is 291 g/mol. The summed E-state index contributed by atoms with van der Waals surface area (Å²) in [6.45, 7) is 3.24. The molecule has 1 amide bonds. The highest BCUT2D eigenvalue weighted by atomic mass is 16.4. The van der Waals surface area contributed by atoms with Crippen molar-refractivity contribution in [2.75, 3.05) is 13.1 Å². The van der Waals surface area contributed by atoms with Gasteiger partial charge in [0.05, 0.1) is 5.69 Å². The molecule has 1 fully saturated rings. The number of hydrogen-bond acceptors (Lipinski definition) is 3. The molecule has 2 rings (SSSR count). The Morgan fingerprint density at radius 1 is 1.52 bits per heavy atom. The van der Waals surface area contributed by atoms with Crippen LogP contribution in [0.5, 0.6) is 0 Å². The largest absolute Gasteiger partial charge is 0.480 e. The van der Waals surface area contributed by atoms with Gasteiger partial charge in [-0.1, -0.05) is 12.2 Å². The molecule has 0 bridgehead atoms. The van der Waals surface area contributed by atoms with E-state index in [0.717, 1.165) is 25.1 Å². The van der Waals surface area contributed by atoms with Crippen LogP contribution in [0.1, 0.15) is 37.8 Å². The number of carboxylic acid groups (broad SMARTS) is 1. The number of carbonyl (C=O) groups is 2. The lowest BCUT2D eigenvalue weighted by Gasteiger charge is -2.31. The predicted octanol–water partition coefficient (Wildman–Crippen LogP) is 1.64. The number of aliphatic carboxylic acids is 1. The third-order valence-corrected chi connectivity index (χ3v) is 3.68. The molecule has 1 atom stereocenters. The second-order valence-electron chi connectivity index (χ2n) is 5.28. The molecule has 0 saturated carbocycles. The molecule has 1 aromatic rings. The summed E-state index contributed by atoms with van der Waals surface area (Å²) < 4.78 is 1.43. The zero-order chi connectivity index (χ0) is 15.2. The zero-order valence-electron chi connectivity index (χ0n) is 12.2. The predicted molar refractivity (Wildman–Crippen MR) is 77.8 cm³/mol. The Hall–Kier alpha value is -2.11. The first-order valence-corrected chi connectivity index (χ1v) is 7.24. The maximum atomic E-state index is 12.1. The number of piperidine rings is 1. The smallest absolute Gasteiger partial charge is 0.325 e. The molecule has 0 radical (unpaired) electrons. The van der Waals surface area contributed by atoms with Crippen molar-refractivity contribution in [3.63, 3.8) is 0 Å². The van der Waals surface area contributed by atoms with E-state index in [-0.39, 0.29) is 18.4 Å². The number of carbonyl (C=O) groups excluding carboxylic acids is 1. The molecule has 0 spiro atoms. The molecular weight excluding hydrogens is 270 g/mol. The molecule has 2 heterocycles. The van der Waals surface area contributed by atoms with E-state index in [1.807, 2.05) is 30.0 Å². The van der Waals surface area contributed by atoms with E-state index in [4.69, 9.17) is 5.11 Å². The minimum atomic E-state index is -0.906. The number of hydrogen-bond donors (Lipinski definition) is 1. The number of likely N-dealkylation sites (tertiary alicyclic amines) is 1. The summed E-state index contributed by atoms with van der Waals surface area (Å²) in [7, 11) is 0. The molecule has 0 aliphatic carbocycles. The van der Waals surface area contributed by atoms with E-state index in [2.05, 4.69) is 5.10 Å². The van der Waals surface area contributed by atoms with Gasteiger partial charge in [-0.3, -0.25) is 14.3 Å². The topological polar surface area (TPSA) is 75.4 Å². The average molecular weight is 291 g/mol. The van der Waals surface area contributed by atoms with Crippen LogP contribution in [0, 0.1) is 0 Å². The van der Waals surface area contributed by atoms with Gasteiger partial charge in [-0.25, -0.2) is 0 Å². The van der Waals surface area contributed by atoms with Crippen LogP contribution in [0.2, 0.25) is 0 Å². The van der Waals surface area contributed by atoms with Gasteiger partial charge in [0, 0.05) is 31.6 Å². The van der Waals surface area contributed by atoms with Crippen LogP contribution in [-0.4, -0.2) is 44.8 Å². The van der Waals surface area contributed by atoms with Gasteiger partial charge in [0.15, 0.2) is 0 Å². The molecular formula is C15H21N3O3. The van der Waals surface area contributed by atoms with Gasteiger partial charge in [-0.05, 0) is 25.8 Å². The van der Waals surface area contributed by atoms with E-state index < -0.39 is 5.97 Å². The number of nitrogens with zero attached hydrogens (tertiary/aromatic N) is 3. The Kier molecular flexibility index (Phi) is 5.14. The Morgan fingerprint density at radius 2 is 2.33 bits per heavy atom. The fraction of sp³-hybridized carbons (Fsp3) is 0.533. The lowest BCUT2D eigenvalue weighted by molar-refractivity contribution is -0.138. The molecule has 0 unspecified atom stereocenters. The van der Waals surface area contributed by atoms with Crippen LogP contribution < -0.4 is 0 Å². The van der Waals surface area contributed by atoms with Gasteiger partial charge >= 0.3 is 5.97 Å². The molecule has 21 heavy (non-hydrogen) atoms. The van der Waals surface area contributed by atoms with Crippen LogP contribution in [-0.2, 0) is 16.1 Å². The summed E-state index contributed by atoms with van der Waals surface area (Å²) in [5.74, 6) is -0.567. The van der Waals surface area contributed by atoms with Crippen LogP contribution in [0.4, 0.5) is 0 Å². The average Bonchev–Trinajstić information content (AvgIpc) is 2.92. The van der Waals surface area contributed by atoms with Crippen LogP contribution in [0.25, 0.3) is 0 Å². The Balaban J connectivity index is 1.98. The quantitative estimate of drug-likeness (QED) is 0.837. The van der Waals surface area contributed by atoms with Crippen molar-refractivity contribution >= 4 is 11.9 Å². The summed E-state index contributed by atoms with van der Waals surface area (Å²) in [5, 5.41) is 13.1. The number of rotatable bonds is 5. The fourth-order valence-electron chi connectivity index (χ4n) is 2.61. The molecule has 1 aliphatic rings. The highest BCUT2D eigenvalue weighted by Crippen LogP contribution is 2.26. The Bertz CT molecular complexity index is 536. The fourth-order valence-corrected chi connectivity index (χ4v) is 2.61. The summed E-state index contributed by atoms with van der Waals surface area (Å²) in [6, 6.07) is 1.85. The second kappa shape index (κ2) is 7.06. The first-order valence-electron chi connectivity index (χ1n) is 7.24. The van der Waals surface area contributed by atoms with Crippen molar-refractivity contribution in [3.05, 3.63) is 30.1 Å². The summed E-state index contributed by atoms with van der Waals surface area (Å²) in [5.41, 5.74) is 0.875. The lowest BCUT2D eigenvalue weighted by atomic mass is 9.95. The van der Waals surface area contributed by atoms with Gasteiger partial charge in [0.1, 0.15) is 6.54 Å². The molecule has 114 valence electrons. The van der Waals surface area contributed by atoms with Gasteiger partial charge in [0.2, 0.25) is 5.91 Å². The molecule has 1 aromatic heterocycles. The van der Waals surface area contributed by atoms with E-state index in [0.29, 0.717) is 13.0 Å². The SMILES string of the molecule is C/C=C/CC(=O)N1CCC[C@@H](c2ccn(CC(=O)O)n2)C1. The van der Waals surface area contributed by atoms with Crippen molar-refractivity contribution in [2.24, 2.45) is 0 Å². The van der Waals surface area contributed by atoms with Crippen molar-refractivity contribution in [3.8, 4) is 0 Å². The van der Waals surface area contributed by atoms with Gasteiger partial charge < -0.3 is 10.0 Å². The zero-order valence-corrected chi connectivity index (χ0v) is 12.2. The molecule has 1 aliphatic heterocycles. The number of amides is 1. The molecule has 6 heteroatoms. The molecule has 0 aromatic carbocycles. The van der Waals surface area contributed by atoms with Crippen molar-refractivity contribution in [1.82, 2.24) is 14.7 Å². The van der Waals surface area contributed by atoms with Crippen LogP contribution in [0.15, 0.2) is 24.4 Å². The first-order chi connectivity index (χ1) is 10.1. The lowest BCUT2D eigenvalue weighted by Crippen LogP contribution is -2.38. The molecule has 1 N–H and O–H groups in total. The van der Waals surface area contributed by atoms with Crippen molar-refractivity contribution in [1.29, 1.82) is 0 Å². The standard InChI is InChI=1S/C15H21N3O3/c1-2-3-6-14(19)17-8-4-5-12(10-17)13-7-9-18(16-13)11-15(20)21/h2-3,7,9,12H,4-6,8,10-11H2,1H3,(H,20,21)/b3-2+/t12-/m1/s1. The Labute approximate surface area is 124 Å². The minimum absolute atomic E-state index is 0.128. The maximum Gasteiger partial charge on any atom is 0.325 e. The summed E-state index contributed by atoms with van der Waals surface area (Å²) >= 11 is 0. The van der Waals surface area contributed by atoms with E-state index in [1.165, 1.54) is 4.68 Å². The van der Waals surface area contributed by atoms with Crippen LogP contribution in [0.3, 0.4) is 0 Å². The third kappa shape index (κ3) is 4.18. The van der Waals surface area contributed by atoms with E-state index in [9.17, 15) is 9.59 Å². The van der Waals surface area contributed by atoms with E-state index in [1.54, 1.807) is 6.20 Å². The highest BCUT2D eigenvalue weighted by molar-refractivity contribution is 5.77. The molecule has 1 saturated heterocycles.